The summed E-state index contributed by atoms with van der Waals surface area (Å²) in [6.45, 7) is 1.92. The largest absolute Gasteiger partial charge is 0.335 e. The lowest BCUT2D eigenvalue weighted by Crippen LogP contribution is -2.54. The number of amides is 4. The molecule has 30 heavy (non-hydrogen) atoms. The average Bonchev–Trinajstić information content (AvgIpc) is 3.06. The first-order valence-corrected chi connectivity index (χ1v) is 9.41. The number of aryl methyl sites for hydroxylation is 1. The molecular weight excluding hydrogens is 404 g/mol. The lowest BCUT2D eigenvalue weighted by atomic mass is 10.1. The van der Waals surface area contributed by atoms with Gasteiger partial charge in [0.25, 0.3) is 11.8 Å². The predicted molar refractivity (Wildman–Crippen MR) is 113 cm³/mol. The van der Waals surface area contributed by atoms with Gasteiger partial charge in [-0.25, -0.2) is 9.69 Å². The Balaban J connectivity index is 1.81. The number of benzene rings is 2. The van der Waals surface area contributed by atoms with Crippen molar-refractivity contribution in [3.8, 4) is 6.07 Å². The fourth-order valence-corrected chi connectivity index (χ4v) is 3.54. The number of rotatable bonds is 3. The normalized spacial score (nSPS) is 15.6. The van der Waals surface area contributed by atoms with Crippen molar-refractivity contribution in [3.05, 3.63) is 70.4 Å². The molecule has 1 fully saturated rings. The van der Waals surface area contributed by atoms with Gasteiger partial charge in [0.05, 0.1) is 11.8 Å². The van der Waals surface area contributed by atoms with Crippen molar-refractivity contribution < 1.29 is 14.4 Å². The van der Waals surface area contributed by atoms with Crippen molar-refractivity contribution >= 4 is 52.1 Å². The van der Waals surface area contributed by atoms with E-state index in [1.807, 2.05) is 24.3 Å². The Hall–Kier alpha value is -3.89. The lowest BCUT2D eigenvalue weighted by Gasteiger charge is -2.26. The predicted octanol–water partition coefficient (Wildman–Crippen LogP) is 3.79. The molecule has 148 valence electrons. The van der Waals surface area contributed by atoms with Crippen LogP contribution >= 0.6 is 11.6 Å². The first-order valence-electron chi connectivity index (χ1n) is 9.03. The summed E-state index contributed by atoms with van der Waals surface area (Å²) in [5, 5.41) is 12.4. The second kappa shape index (κ2) is 7.50. The minimum absolute atomic E-state index is 0.121. The number of barbiturate groups is 1. The Morgan fingerprint density at radius 3 is 2.67 bits per heavy atom. The zero-order valence-electron chi connectivity index (χ0n) is 15.8. The lowest BCUT2D eigenvalue weighted by molar-refractivity contribution is -0.122. The van der Waals surface area contributed by atoms with E-state index in [2.05, 4.69) is 11.4 Å². The van der Waals surface area contributed by atoms with Crippen LogP contribution in [0, 0.1) is 18.3 Å². The van der Waals surface area contributed by atoms with Gasteiger partial charge >= 0.3 is 6.03 Å². The van der Waals surface area contributed by atoms with Crippen LogP contribution in [0.25, 0.3) is 17.0 Å². The molecule has 7 nitrogen and oxygen atoms in total. The summed E-state index contributed by atoms with van der Waals surface area (Å²) >= 11 is 6.14. The molecule has 0 aliphatic carbocycles. The van der Waals surface area contributed by atoms with Gasteiger partial charge in [0.1, 0.15) is 12.1 Å². The molecule has 0 unspecified atom stereocenters. The molecule has 3 aromatic rings. The molecule has 2 aromatic carbocycles. The van der Waals surface area contributed by atoms with E-state index in [0.29, 0.717) is 10.6 Å². The third kappa shape index (κ3) is 3.23. The Bertz CT molecular complexity index is 1300. The summed E-state index contributed by atoms with van der Waals surface area (Å²) in [7, 11) is 0. The second-order valence-electron chi connectivity index (χ2n) is 6.78. The monoisotopic (exact) mass is 418 g/mol. The van der Waals surface area contributed by atoms with Crippen LogP contribution in [0.4, 0.5) is 10.5 Å². The third-order valence-electron chi connectivity index (χ3n) is 4.88. The molecule has 2 heterocycles. The highest BCUT2D eigenvalue weighted by atomic mass is 35.5. The number of hydrogen-bond donors (Lipinski definition) is 1. The average molecular weight is 419 g/mol. The summed E-state index contributed by atoms with van der Waals surface area (Å²) < 4.78 is 1.73. The quantitative estimate of drug-likeness (QED) is 0.517. The number of hydrogen-bond acceptors (Lipinski definition) is 4. The van der Waals surface area contributed by atoms with Crippen LogP contribution in [-0.4, -0.2) is 22.4 Å². The van der Waals surface area contributed by atoms with Crippen LogP contribution in [0.15, 0.2) is 54.2 Å². The first kappa shape index (κ1) is 19.4. The minimum atomic E-state index is -0.839. The van der Waals surface area contributed by atoms with Crippen LogP contribution in [0.1, 0.15) is 11.1 Å². The van der Waals surface area contributed by atoms with Gasteiger partial charge in [-0.3, -0.25) is 14.9 Å². The first-order chi connectivity index (χ1) is 14.4. The Morgan fingerprint density at radius 1 is 1.17 bits per heavy atom. The molecule has 1 aromatic heterocycles. The fraction of sp³-hybridized carbons (Fsp3) is 0.0909. The number of imide groups is 2. The number of aromatic nitrogens is 1. The second-order valence-corrected chi connectivity index (χ2v) is 7.19. The van der Waals surface area contributed by atoms with Crippen LogP contribution in [0.2, 0.25) is 5.02 Å². The fourth-order valence-electron chi connectivity index (χ4n) is 3.37. The van der Waals surface area contributed by atoms with E-state index in [1.54, 1.807) is 29.8 Å². The van der Waals surface area contributed by atoms with Crippen molar-refractivity contribution in [2.24, 2.45) is 0 Å². The number of nitrogens with one attached hydrogen (secondary N) is 1. The van der Waals surface area contributed by atoms with Crippen molar-refractivity contribution in [1.29, 1.82) is 5.26 Å². The van der Waals surface area contributed by atoms with Crippen LogP contribution in [-0.2, 0) is 16.1 Å². The summed E-state index contributed by atoms with van der Waals surface area (Å²) in [6, 6.07) is 13.4. The molecule has 4 rings (SSSR count). The topological polar surface area (TPSA) is 95.2 Å². The molecule has 0 spiro atoms. The number of para-hydroxylation sites is 1. The maximum absolute atomic E-state index is 13.1. The van der Waals surface area contributed by atoms with E-state index < -0.39 is 17.8 Å². The molecular formula is C22H15ClN4O3. The Morgan fingerprint density at radius 2 is 1.93 bits per heavy atom. The zero-order chi connectivity index (χ0) is 21.4. The number of halogens is 1. The molecule has 0 saturated carbocycles. The number of nitriles is 1. The molecule has 4 amide bonds. The summed E-state index contributed by atoms with van der Waals surface area (Å²) in [4.78, 5) is 38.8. The molecule has 0 bridgehead atoms. The van der Waals surface area contributed by atoms with E-state index >= 15 is 0 Å². The highest BCUT2D eigenvalue weighted by molar-refractivity contribution is 6.39. The summed E-state index contributed by atoms with van der Waals surface area (Å²) in [5.74, 6) is -1.53. The van der Waals surface area contributed by atoms with Gasteiger partial charge in [0.15, 0.2) is 0 Å². The molecule has 1 saturated heterocycles. The van der Waals surface area contributed by atoms with Crippen molar-refractivity contribution in [2.75, 3.05) is 4.90 Å². The molecule has 0 radical (unpaired) electrons. The van der Waals surface area contributed by atoms with Gasteiger partial charge in [-0.1, -0.05) is 35.9 Å². The van der Waals surface area contributed by atoms with Gasteiger partial charge < -0.3 is 4.57 Å². The minimum Gasteiger partial charge on any atom is -0.333 e. The number of fused-ring (bicyclic) bond motifs is 1. The van der Waals surface area contributed by atoms with Crippen molar-refractivity contribution in [2.45, 2.75) is 13.5 Å². The maximum Gasteiger partial charge on any atom is 0.335 e. The van der Waals surface area contributed by atoms with Gasteiger partial charge in [0, 0.05) is 27.7 Å². The van der Waals surface area contributed by atoms with Gasteiger partial charge in [-0.15, -0.1) is 0 Å². The highest BCUT2D eigenvalue weighted by Gasteiger charge is 2.37. The molecule has 8 heteroatoms. The van der Waals surface area contributed by atoms with E-state index in [0.717, 1.165) is 21.4 Å². The number of urea groups is 1. The third-order valence-corrected chi connectivity index (χ3v) is 5.28. The van der Waals surface area contributed by atoms with Crippen LogP contribution in [0.5, 0.6) is 0 Å². The number of anilines is 1. The SMILES string of the molecule is Cc1ccc(N2C(=O)NC(=O)C(=Cc3cn(CC#N)c4ccccc34)C2=O)cc1Cl. The van der Waals surface area contributed by atoms with E-state index in [1.165, 1.54) is 12.1 Å². The number of carbonyl (C=O) groups is 3. The van der Waals surface area contributed by atoms with Gasteiger partial charge in [0.2, 0.25) is 0 Å². The zero-order valence-corrected chi connectivity index (χ0v) is 16.6. The summed E-state index contributed by atoms with van der Waals surface area (Å²) in [5.41, 5.74) is 2.26. The van der Waals surface area contributed by atoms with Gasteiger partial charge in [-0.2, -0.15) is 5.26 Å². The summed E-state index contributed by atoms with van der Waals surface area (Å²) in [6.07, 6.45) is 3.13. The molecule has 0 atom stereocenters. The highest BCUT2D eigenvalue weighted by Crippen LogP contribution is 2.28. The standard InChI is InChI=1S/C22H15ClN4O3/c1-13-6-7-15(11-18(13)23)27-21(29)17(20(28)25-22(27)30)10-14-12-26(9-8-24)19-5-3-2-4-16(14)19/h2-7,10-12H,9H2,1H3,(H,25,28,30). The van der Waals surface area contributed by atoms with Crippen LogP contribution in [0.3, 0.4) is 0 Å². The molecule has 1 aliphatic rings. The van der Waals surface area contributed by atoms with Crippen molar-refractivity contribution in [1.82, 2.24) is 9.88 Å². The number of nitrogens with zero attached hydrogens (tertiary/aromatic N) is 3. The Kier molecular flexibility index (Phi) is 4.86. The smallest absolute Gasteiger partial charge is 0.333 e. The molecule has 1 aliphatic heterocycles. The van der Waals surface area contributed by atoms with E-state index in [9.17, 15) is 14.4 Å². The maximum atomic E-state index is 13.1. The molecule has 1 N–H and O–H groups in total. The van der Waals surface area contributed by atoms with Gasteiger partial charge in [-0.05, 0) is 36.8 Å². The van der Waals surface area contributed by atoms with E-state index in [-0.39, 0.29) is 17.8 Å². The van der Waals surface area contributed by atoms with E-state index in [4.69, 9.17) is 16.9 Å². The van der Waals surface area contributed by atoms with Crippen LogP contribution < -0.4 is 10.2 Å². The Labute approximate surface area is 176 Å². The number of carbonyl (C=O) groups excluding carboxylic acids is 3. The van der Waals surface area contributed by atoms with Crippen molar-refractivity contribution in [3.63, 3.8) is 0 Å².